The first-order valence-corrected chi connectivity index (χ1v) is 2.14. The molecule has 0 amide bonds. The van der Waals surface area contributed by atoms with Crippen LogP contribution < -0.4 is 0 Å². The smallest absolute Gasteiger partial charge is 0.316 e. The van der Waals surface area contributed by atoms with Crippen molar-refractivity contribution in [3.05, 3.63) is 12.7 Å². The summed E-state index contributed by atoms with van der Waals surface area (Å²) in [6.07, 6.45) is 1.60. The Balaban J connectivity index is 2.43. The van der Waals surface area contributed by atoms with E-state index in [0.717, 1.165) is 0 Å². The van der Waals surface area contributed by atoms with Crippen LogP contribution in [0, 0.1) is 5.92 Å². The Morgan fingerprint density at radius 3 is 2.71 bits per heavy atom. The largest absolute Gasteiger partial charge is 0.464 e. The summed E-state index contributed by atoms with van der Waals surface area (Å²) in [5, 5.41) is 0. The van der Waals surface area contributed by atoms with E-state index in [2.05, 4.69) is 11.3 Å². The van der Waals surface area contributed by atoms with Crippen LogP contribution in [0.3, 0.4) is 0 Å². The molecule has 7 heavy (non-hydrogen) atoms. The van der Waals surface area contributed by atoms with Gasteiger partial charge in [-0.2, -0.15) is 0 Å². The third kappa shape index (κ3) is 0.515. The minimum Gasteiger partial charge on any atom is -0.464 e. The predicted octanol–water partition coefficient (Wildman–Crippen LogP) is 0.345. The van der Waals surface area contributed by atoms with Crippen molar-refractivity contribution in [3.8, 4) is 0 Å². The number of esters is 1. The molecule has 0 N–H and O–H groups in total. The minimum atomic E-state index is -0.144. The van der Waals surface area contributed by atoms with Crippen LogP contribution in [-0.2, 0) is 9.53 Å². The second kappa shape index (κ2) is 1.37. The Labute approximate surface area is 41.8 Å². The first-order chi connectivity index (χ1) is 3.34. The van der Waals surface area contributed by atoms with Crippen molar-refractivity contribution in [2.24, 2.45) is 5.92 Å². The van der Waals surface area contributed by atoms with E-state index in [1.165, 1.54) is 0 Å². The van der Waals surface area contributed by atoms with Crippen molar-refractivity contribution in [1.29, 1.82) is 0 Å². The van der Waals surface area contributed by atoms with Crippen molar-refractivity contribution in [1.82, 2.24) is 0 Å². The van der Waals surface area contributed by atoms with Gasteiger partial charge in [0.05, 0.1) is 0 Å². The third-order valence-electron chi connectivity index (χ3n) is 0.992. The molecule has 1 aliphatic heterocycles. The zero-order chi connectivity index (χ0) is 5.28. The van der Waals surface area contributed by atoms with Crippen LogP contribution >= 0.6 is 0 Å². The molecule has 1 aliphatic rings. The fourth-order valence-corrected chi connectivity index (χ4v) is 0.412. The summed E-state index contributed by atoms with van der Waals surface area (Å²) in [6.45, 7) is 3.96. The van der Waals surface area contributed by atoms with Gasteiger partial charge < -0.3 is 4.74 Å². The molecule has 1 saturated heterocycles. The molecular formula is C5H6O2. The number of hydrogen-bond donors (Lipinski definition) is 0. The summed E-state index contributed by atoms with van der Waals surface area (Å²) in [6, 6.07) is 0. The predicted molar refractivity (Wildman–Crippen MR) is 24.6 cm³/mol. The van der Waals surface area contributed by atoms with E-state index in [4.69, 9.17) is 0 Å². The first kappa shape index (κ1) is 4.37. The van der Waals surface area contributed by atoms with Gasteiger partial charge >= 0.3 is 5.97 Å². The molecule has 1 fully saturated rings. The van der Waals surface area contributed by atoms with E-state index in [1.807, 2.05) is 0 Å². The van der Waals surface area contributed by atoms with Crippen molar-refractivity contribution < 1.29 is 9.53 Å². The van der Waals surface area contributed by atoms with E-state index in [9.17, 15) is 4.79 Å². The molecule has 2 nitrogen and oxygen atoms in total. The molecule has 1 heterocycles. The highest BCUT2D eigenvalue weighted by molar-refractivity contribution is 5.78. The maximum atomic E-state index is 10.2. The molecule has 0 bridgehead atoms. The second-order valence-electron chi connectivity index (χ2n) is 1.47. The average molecular weight is 98.1 g/mol. The lowest BCUT2D eigenvalue weighted by Crippen LogP contribution is -2.32. The highest BCUT2D eigenvalue weighted by Gasteiger charge is 2.26. The van der Waals surface area contributed by atoms with Crippen molar-refractivity contribution in [2.75, 3.05) is 6.61 Å². The van der Waals surface area contributed by atoms with Gasteiger partial charge in [-0.3, -0.25) is 4.79 Å². The lowest BCUT2D eigenvalue weighted by atomic mass is 10.1. The Morgan fingerprint density at radius 2 is 2.71 bits per heavy atom. The molecule has 0 aromatic rings. The number of cyclic esters (lactones) is 1. The monoisotopic (exact) mass is 98.0 g/mol. The zero-order valence-electron chi connectivity index (χ0n) is 3.89. The van der Waals surface area contributed by atoms with Crippen LogP contribution in [0.15, 0.2) is 12.7 Å². The normalized spacial score (nSPS) is 28.0. The Bertz CT molecular complexity index is 107. The van der Waals surface area contributed by atoms with Gasteiger partial charge in [0.15, 0.2) is 0 Å². The molecule has 0 aromatic carbocycles. The van der Waals surface area contributed by atoms with Crippen LogP contribution in [0.25, 0.3) is 0 Å². The standard InChI is InChI=1S/C5H6O2/c1-2-4-3-7-5(4)6/h2,4H,1,3H2. The second-order valence-corrected chi connectivity index (χ2v) is 1.47. The highest BCUT2D eigenvalue weighted by Crippen LogP contribution is 2.11. The quantitative estimate of drug-likeness (QED) is 0.349. The fourth-order valence-electron chi connectivity index (χ4n) is 0.412. The lowest BCUT2D eigenvalue weighted by molar-refractivity contribution is -0.164. The number of rotatable bonds is 1. The lowest BCUT2D eigenvalue weighted by Gasteiger charge is -2.20. The highest BCUT2D eigenvalue weighted by atomic mass is 16.6. The van der Waals surface area contributed by atoms with Crippen molar-refractivity contribution in [2.45, 2.75) is 0 Å². The summed E-state index contributed by atoms with van der Waals surface area (Å²) < 4.78 is 4.42. The van der Waals surface area contributed by atoms with Gasteiger partial charge in [0, 0.05) is 0 Å². The van der Waals surface area contributed by atoms with E-state index in [0.29, 0.717) is 6.61 Å². The van der Waals surface area contributed by atoms with Gasteiger partial charge in [-0.05, 0) is 0 Å². The molecule has 0 aromatic heterocycles. The summed E-state index contributed by atoms with van der Waals surface area (Å²) >= 11 is 0. The van der Waals surface area contributed by atoms with Crippen molar-refractivity contribution in [3.63, 3.8) is 0 Å². The summed E-state index contributed by atoms with van der Waals surface area (Å²) in [7, 11) is 0. The number of ether oxygens (including phenoxy) is 1. The van der Waals surface area contributed by atoms with Gasteiger partial charge in [0.2, 0.25) is 0 Å². The SMILES string of the molecule is C=CC1COC1=O. The average Bonchev–Trinajstić information content (AvgIpc) is 1.65. The van der Waals surface area contributed by atoms with E-state index >= 15 is 0 Å². The Hall–Kier alpha value is -0.790. The third-order valence-corrected chi connectivity index (χ3v) is 0.992. The van der Waals surface area contributed by atoms with Gasteiger partial charge in [0.25, 0.3) is 0 Å². The summed E-state index contributed by atoms with van der Waals surface area (Å²) in [5.41, 5.74) is 0. The van der Waals surface area contributed by atoms with E-state index in [-0.39, 0.29) is 11.9 Å². The number of carbonyl (C=O) groups excluding carboxylic acids is 1. The summed E-state index contributed by atoms with van der Waals surface area (Å²) in [4.78, 5) is 10.2. The maximum Gasteiger partial charge on any atom is 0.316 e. The van der Waals surface area contributed by atoms with E-state index < -0.39 is 0 Å². The molecule has 1 atom stereocenters. The molecule has 0 radical (unpaired) electrons. The topological polar surface area (TPSA) is 26.3 Å². The van der Waals surface area contributed by atoms with Crippen LogP contribution in [0.5, 0.6) is 0 Å². The molecule has 1 unspecified atom stereocenters. The molecule has 0 aliphatic carbocycles. The first-order valence-electron chi connectivity index (χ1n) is 2.14. The molecule has 38 valence electrons. The van der Waals surface area contributed by atoms with Gasteiger partial charge in [0.1, 0.15) is 12.5 Å². The summed E-state index contributed by atoms with van der Waals surface area (Å²) in [5.74, 6) is -0.157. The molecular weight excluding hydrogens is 92.1 g/mol. The molecule has 2 heteroatoms. The van der Waals surface area contributed by atoms with Crippen LogP contribution in [0.1, 0.15) is 0 Å². The van der Waals surface area contributed by atoms with Gasteiger partial charge in [-0.1, -0.05) is 6.08 Å². The van der Waals surface area contributed by atoms with Gasteiger partial charge in [-0.15, -0.1) is 6.58 Å². The number of hydrogen-bond acceptors (Lipinski definition) is 2. The maximum absolute atomic E-state index is 10.2. The van der Waals surface area contributed by atoms with Crippen LogP contribution in [-0.4, -0.2) is 12.6 Å². The van der Waals surface area contributed by atoms with Crippen LogP contribution in [0.2, 0.25) is 0 Å². The Kier molecular flexibility index (Phi) is 0.855. The molecule has 1 rings (SSSR count). The zero-order valence-corrected chi connectivity index (χ0v) is 3.89. The van der Waals surface area contributed by atoms with Gasteiger partial charge in [-0.25, -0.2) is 0 Å². The Morgan fingerprint density at radius 1 is 2.00 bits per heavy atom. The number of carbonyl (C=O) groups is 1. The van der Waals surface area contributed by atoms with E-state index in [1.54, 1.807) is 6.08 Å². The molecule has 0 spiro atoms. The molecule has 0 saturated carbocycles. The van der Waals surface area contributed by atoms with Crippen LogP contribution in [0.4, 0.5) is 0 Å². The minimum absolute atomic E-state index is 0.0139. The fraction of sp³-hybridized carbons (Fsp3) is 0.400. The van der Waals surface area contributed by atoms with Crippen molar-refractivity contribution >= 4 is 5.97 Å².